The van der Waals surface area contributed by atoms with Crippen LogP contribution in [0.1, 0.15) is 25.3 Å². The molecule has 4 heteroatoms. The second-order valence-electron chi connectivity index (χ2n) is 4.07. The van der Waals surface area contributed by atoms with Crippen LogP contribution in [-0.2, 0) is 6.42 Å². The molecule has 0 aromatic heterocycles. The van der Waals surface area contributed by atoms with Crippen molar-refractivity contribution in [1.82, 2.24) is 0 Å². The second kappa shape index (κ2) is 6.77. The van der Waals surface area contributed by atoms with Gasteiger partial charge in [0.1, 0.15) is 0 Å². The SMILES string of the molecule is CCCC(O)CNc1ccc(N)c(CC#N)c1. The summed E-state index contributed by atoms with van der Waals surface area (Å²) >= 11 is 0. The molecule has 0 bridgehead atoms. The Hall–Kier alpha value is -1.73. The molecule has 0 aliphatic heterocycles. The lowest BCUT2D eigenvalue weighted by Gasteiger charge is -2.13. The van der Waals surface area contributed by atoms with Gasteiger partial charge in [0.15, 0.2) is 0 Å². The number of anilines is 2. The van der Waals surface area contributed by atoms with Crippen LogP contribution in [0.3, 0.4) is 0 Å². The average molecular weight is 233 g/mol. The zero-order valence-electron chi connectivity index (χ0n) is 10.1. The molecule has 0 saturated carbocycles. The van der Waals surface area contributed by atoms with Crippen LogP contribution in [0.2, 0.25) is 0 Å². The first kappa shape index (κ1) is 13.3. The summed E-state index contributed by atoms with van der Waals surface area (Å²) in [5.41, 5.74) is 8.09. The Balaban J connectivity index is 2.60. The summed E-state index contributed by atoms with van der Waals surface area (Å²) in [6.45, 7) is 2.56. The van der Waals surface area contributed by atoms with E-state index in [4.69, 9.17) is 11.0 Å². The van der Waals surface area contributed by atoms with E-state index in [2.05, 4.69) is 11.4 Å². The molecule has 1 aromatic carbocycles. The van der Waals surface area contributed by atoms with Gasteiger partial charge in [0, 0.05) is 17.9 Å². The van der Waals surface area contributed by atoms with Crippen molar-refractivity contribution in [2.24, 2.45) is 0 Å². The lowest BCUT2D eigenvalue weighted by atomic mass is 10.1. The Bertz CT molecular complexity index is 398. The van der Waals surface area contributed by atoms with E-state index in [0.29, 0.717) is 18.7 Å². The van der Waals surface area contributed by atoms with Crippen LogP contribution < -0.4 is 11.1 Å². The molecule has 4 N–H and O–H groups in total. The molecule has 0 aliphatic rings. The van der Waals surface area contributed by atoms with Crippen LogP contribution in [0.4, 0.5) is 11.4 Å². The molecule has 0 aliphatic carbocycles. The van der Waals surface area contributed by atoms with Crippen molar-refractivity contribution in [3.8, 4) is 6.07 Å². The molecule has 0 fully saturated rings. The second-order valence-corrected chi connectivity index (χ2v) is 4.07. The molecule has 1 atom stereocenters. The number of hydrogen-bond acceptors (Lipinski definition) is 4. The fourth-order valence-electron chi connectivity index (χ4n) is 1.62. The molecule has 0 saturated heterocycles. The van der Waals surface area contributed by atoms with Gasteiger partial charge in [0.2, 0.25) is 0 Å². The minimum Gasteiger partial charge on any atom is -0.398 e. The zero-order chi connectivity index (χ0) is 12.7. The minimum absolute atomic E-state index is 0.304. The van der Waals surface area contributed by atoms with Crippen LogP contribution in [0, 0.1) is 11.3 Å². The summed E-state index contributed by atoms with van der Waals surface area (Å²) in [5.74, 6) is 0. The van der Waals surface area contributed by atoms with Crippen LogP contribution >= 0.6 is 0 Å². The van der Waals surface area contributed by atoms with Crippen molar-refractivity contribution in [1.29, 1.82) is 5.26 Å². The highest BCUT2D eigenvalue weighted by molar-refractivity contribution is 5.58. The number of nitrogen functional groups attached to an aromatic ring is 1. The van der Waals surface area contributed by atoms with Gasteiger partial charge >= 0.3 is 0 Å². The van der Waals surface area contributed by atoms with Crippen molar-refractivity contribution in [3.63, 3.8) is 0 Å². The number of hydrogen-bond donors (Lipinski definition) is 3. The number of nitrogens with two attached hydrogens (primary N) is 1. The maximum Gasteiger partial charge on any atom is 0.0712 e. The molecule has 4 nitrogen and oxygen atoms in total. The number of aliphatic hydroxyl groups excluding tert-OH is 1. The van der Waals surface area contributed by atoms with Crippen molar-refractivity contribution in [2.75, 3.05) is 17.6 Å². The van der Waals surface area contributed by atoms with E-state index in [1.165, 1.54) is 0 Å². The molecule has 0 radical (unpaired) electrons. The fraction of sp³-hybridized carbons (Fsp3) is 0.462. The lowest BCUT2D eigenvalue weighted by molar-refractivity contribution is 0.176. The third-order valence-electron chi connectivity index (χ3n) is 2.58. The Morgan fingerprint density at radius 1 is 1.53 bits per heavy atom. The first-order chi connectivity index (χ1) is 8.17. The molecule has 0 heterocycles. The van der Waals surface area contributed by atoms with E-state index >= 15 is 0 Å². The summed E-state index contributed by atoms with van der Waals surface area (Å²) in [7, 11) is 0. The third kappa shape index (κ3) is 4.33. The third-order valence-corrected chi connectivity index (χ3v) is 2.58. The van der Waals surface area contributed by atoms with E-state index in [1.54, 1.807) is 6.07 Å². The quantitative estimate of drug-likeness (QED) is 0.655. The van der Waals surface area contributed by atoms with Gasteiger partial charge in [-0.15, -0.1) is 0 Å². The van der Waals surface area contributed by atoms with Gasteiger partial charge in [0.25, 0.3) is 0 Å². The Labute approximate surface area is 102 Å². The average Bonchev–Trinajstić information content (AvgIpc) is 2.31. The first-order valence-electron chi connectivity index (χ1n) is 5.84. The maximum atomic E-state index is 9.60. The maximum absolute atomic E-state index is 9.60. The van der Waals surface area contributed by atoms with Gasteiger partial charge in [-0.3, -0.25) is 0 Å². The number of nitrogens with one attached hydrogen (secondary N) is 1. The van der Waals surface area contributed by atoms with Gasteiger partial charge in [-0.25, -0.2) is 0 Å². The minimum atomic E-state index is -0.336. The van der Waals surface area contributed by atoms with Crippen LogP contribution in [0.25, 0.3) is 0 Å². The highest BCUT2D eigenvalue weighted by Crippen LogP contribution is 2.18. The highest BCUT2D eigenvalue weighted by atomic mass is 16.3. The van der Waals surface area contributed by atoms with E-state index in [-0.39, 0.29) is 6.10 Å². The Morgan fingerprint density at radius 2 is 2.29 bits per heavy atom. The van der Waals surface area contributed by atoms with Gasteiger partial charge in [-0.2, -0.15) is 5.26 Å². The summed E-state index contributed by atoms with van der Waals surface area (Å²) in [6, 6.07) is 7.57. The molecule has 17 heavy (non-hydrogen) atoms. The summed E-state index contributed by atoms with van der Waals surface area (Å²) < 4.78 is 0. The topological polar surface area (TPSA) is 82.1 Å². The monoisotopic (exact) mass is 233 g/mol. The first-order valence-corrected chi connectivity index (χ1v) is 5.84. The van der Waals surface area contributed by atoms with Crippen LogP contribution in [0.15, 0.2) is 18.2 Å². The zero-order valence-corrected chi connectivity index (χ0v) is 10.1. The number of benzene rings is 1. The predicted molar refractivity (Wildman–Crippen MR) is 69.6 cm³/mol. The molecular weight excluding hydrogens is 214 g/mol. The molecule has 1 aromatic rings. The number of nitriles is 1. The Kier molecular flexibility index (Phi) is 5.31. The number of aliphatic hydroxyl groups is 1. The molecular formula is C13H19N3O. The molecule has 1 unspecified atom stereocenters. The van der Waals surface area contributed by atoms with E-state index < -0.39 is 0 Å². The smallest absolute Gasteiger partial charge is 0.0712 e. The molecule has 92 valence electrons. The van der Waals surface area contributed by atoms with Crippen molar-refractivity contribution >= 4 is 11.4 Å². The Morgan fingerprint density at radius 3 is 2.94 bits per heavy atom. The van der Waals surface area contributed by atoms with Crippen LogP contribution in [-0.4, -0.2) is 17.8 Å². The fourth-order valence-corrected chi connectivity index (χ4v) is 1.62. The van der Waals surface area contributed by atoms with Crippen molar-refractivity contribution in [2.45, 2.75) is 32.3 Å². The van der Waals surface area contributed by atoms with Crippen molar-refractivity contribution in [3.05, 3.63) is 23.8 Å². The highest BCUT2D eigenvalue weighted by Gasteiger charge is 2.04. The van der Waals surface area contributed by atoms with Gasteiger partial charge < -0.3 is 16.2 Å². The summed E-state index contributed by atoms with van der Waals surface area (Å²) in [5, 5.41) is 21.4. The van der Waals surface area contributed by atoms with Gasteiger partial charge in [-0.05, 0) is 30.2 Å². The van der Waals surface area contributed by atoms with E-state index in [9.17, 15) is 5.11 Å². The molecule has 0 spiro atoms. The lowest BCUT2D eigenvalue weighted by Crippen LogP contribution is -2.19. The van der Waals surface area contributed by atoms with Crippen LogP contribution in [0.5, 0.6) is 0 Å². The largest absolute Gasteiger partial charge is 0.398 e. The normalized spacial score (nSPS) is 11.8. The molecule has 0 amide bonds. The van der Waals surface area contributed by atoms with E-state index in [0.717, 1.165) is 24.1 Å². The van der Waals surface area contributed by atoms with Gasteiger partial charge in [-0.1, -0.05) is 13.3 Å². The summed E-state index contributed by atoms with van der Waals surface area (Å²) in [4.78, 5) is 0. The summed E-state index contributed by atoms with van der Waals surface area (Å²) in [6.07, 6.45) is 1.72. The van der Waals surface area contributed by atoms with Crippen molar-refractivity contribution < 1.29 is 5.11 Å². The number of rotatable bonds is 6. The molecule has 1 rings (SSSR count). The number of nitrogens with zero attached hydrogens (tertiary/aromatic N) is 1. The van der Waals surface area contributed by atoms with E-state index in [1.807, 2.05) is 19.1 Å². The predicted octanol–water partition coefficient (Wildman–Crippen LogP) is 1.91. The standard InChI is InChI=1S/C13H19N3O/c1-2-3-12(17)9-16-11-4-5-13(15)10(8-11)6-7-14/h4-5,8,12,16-17H,2-3,6,9,15H2,1H3. The van der Waals surface area contributed by atoms with Gasteiger partial charge in [0.05, 0.1) is 18.6 Å².